The average molecular weight is 332 g/mol. The maximum Gasteiger partial charge on any atom is 0.233 e. The van der Waals surface area contributed by atoms with Crippen LogP contribution in [0, 0.1) is 17.1 Å². The van der Waals surface area contributed by atoms with Gasteiger partial charge in [-0.15, -0.1) is 0 Å². The number of halogens is 2. The number of nitrogens with one attached hydrogen (secondary N) is 2. The first kappa shape index (κ1) is 16.5. The number of rotatable bonds is 4. The molecule has 2 N–H and O–H groups in total. The second-order valence-corrected chi connectivity index (χ2v) is 5.00. The van der Waals surface area contributed by atoms with E-state index in [-0.39, 0.29) is 5.02 Å². The fraction of sp³-hybridized carbons (Fsp3) is 0.0625. The summed E-state index contributed by atoms with van der Waals surface area (Å²) >= 11 is 5.61. The van der Waals surface area contributed by atoms with E-state index in [1.807, 2.05) is 6.07 Å². The lowest BCUT2D eigenvalue weighted by Crippen LogP contribution is -2.21. The molecule has 7 heteroatoms. The molecule has 2 aromatic rings. The summed E-state index contributed by atoms with van der Waals surface area (Å²) in [6.07, 6.45) is -0.425. The van der Waals surface area contributed by atoms with E-state index in [1.54, 1.807) is 18.2 Å². The van der Waals surface area contributed by atoms with Crippen molar-refractivity contribution in [1.29, 1.82) is 5.26 Å². The smallest absolute Gasteiger partial charge is 0.233 e. The Labute approximate surface area is 136 Å². The Morgan fingerprint density at radius 2 is 1.74 bits per heavy atom. The summed E-state index contributed by atoms with van der Waals surface area (Å²) in [4.78, 5) is 23.6. The molecule has 2 rings (SSSR count). The summed E-state index contributed by atoms with van der Waals surface area (Å²) < 4.78 is 13.0. The monoisotopic (exact) mass is 331 g/mol. The first-order valence-electron chi connectivity index (χ1n) is 6.53. The van der Waals surface area contributed by atoms with Crippen LogP contribution in [-0.4, -0.2) is 11.8 Å². The number of carbonyl (C=O) groups excluding carboxylic acids is 2. The minimum atomic E-state index is -0.597. The molecule has 0 bridgehead atoms. The third kappa shape index (κ3) is 4.80. The molecule has 0 spiro atoms. The minimum Gasteiger partial charge on any atom is -0.326 e. The average Bonchev–Trinajstić information content (AvgIpc) is 2.51. The predicted octanol–water partition coefficient (Wildman–Crippen LogP) is 3.32. The Morgan fingerprint density at radius 3 is 2.35 bits per heavy atom. The van der Waals surface area contributed by atoms with Gasteiger partial charge in [-0.1, -0.05) is 17.7 Å². The highest BCUT2D eigenvalue weighted by Crippen LogP contribution is 2.19. The summed E-state index contributed by atoms with van der Waals surface area (Å²) in [5, 5.41) is 13.6. The van der Waals surface area contributed by atoms with Crippen molar-refractivity contribution < 1.29 is 14.0 Å². The van der Waals surface area contributed by atoms with Gasteiger partial charge >= 0.3 is 0 Å². The summed E-state index contributed by atoms with van der Waals surface area (Å²) in [5.74, 6) is -1.70. The zero-order valence-electron chi connectivity index (χ0n) is 11.8. The predicted molar refractivity (Wildman–Crippen MR) is 84.4 cm³/mol. The van der Waals surface area contributed by atoms with E-state index in [1.165, 1.54) is 18.2 Å². The van der Waals surface area contributed by atoms with Crippen molar-refractivity contribution in [3.63, 3.8) is 0 Å². The number of amides is 2. The van der Waals surface area contributed by atoms with E-state index in [9.17, 15) is 14.0 Å². The van der Waals surface area contributed by atoms with Gasteiger partial charge in [0, 0.05) is 11.4 Å². The molecular weight excluding hydrogens is 321 g/mol. The fourth-order valence-corrected chi connectivity index (χ4v) is 1.98. The summed E-state index contributed by atoms with van der Waals surface area (Å²) in [5.41, 5.74) is 1.11. The highest BCUT2D eigenvalue weighted by molar-refractivity contribution is 6.31. The molecule has 2 aromatic carbocycles. The van der Waals surface area contributed by atoms with Crippen LogP contribution in [0.4, 0.5) is 15.8 Å². The molecule has 0 heterocycles. The van der Waals surface area contributed by atoms with Crippen LogP contribution < -0.4 is 10.6 Å². The molecule has 5 nitrogen and oxygen atoms in total. The Bertz CT molecular complexity index is 802. The number of nitrogens with zero attached hydrogens (tertiary/aromatic N) is 1. The van der Waals surface area contributed by atoms with Gasteiger partial charge in [0.1, 0.15) is 12.2 Å². The van der Waals surface area contributed by atoms with Gasteiger partial charge in [0.05, 0.1) is 16.7 Å². The standard InChI is InChI=1S/C16H11ClFN3O2/c17-13-7-12(4-5-14(13)18)21-16(23)8-15(22)20-11-3-1-2-10(6-11)9-19/h1-7H,8H2,(H,20,22)(H,21,23). The van der Waals surface area contributed by atoms with Gasteiger partial charge in [0.25, 0.3) is 0 Å². The molecule has 116 valence electrons. The van der Waals surface area contributed by atoms with Crippen LogP contribution in [0.5, 0.6) is 0 Å². The lowest BCUT2D eigenvalue weighted by atomic mass is 10.2. The van der Waals surface area contributed by atoms with Crippen LogP contribution in [-0.2, 0) is 9.59 Å². The lowest BCUT2D eigenvalue weighted by Gasteiger charge is -2.07. The van der Waals surface area contributed by atoms with Crippen molar-refractivity contribution in [2.75, 3.05) is 10.6 Å². The van der Waals surface area contributed by atoms with Crippen LogP contribution in [0.15, 0.2) is 42.5 Å². The minimum absolute atomic E-state index is 0.124. The Morgan fingerprint density at radius 1 is 1.09 bits per heavy atom. The highest BCUT2D eigenvalue weighted by atomic mass is 35.5. The highest BCUT2D eigenvalue weighted by Gasteiger charge is 2.11. The molecule has 0 saturated heterocycles. The number of hydrogen-bond acceptors (Lipinski definition) is 3. The van der Waals surface area contributed by atoms with Crippen molar-refractivity contribution >= 4 is 34.8 Å². The second-order valence-electron chi connectivity index (χ2n) is 4.59. The Balaban J connectivity index is 1.93. The molecule has 0 aromatic heterocycles. The van der Waals surface area contributed by atoms with Crippen molar-refractivity contribution in [3.8, 4) is 6.07 Å². The van der Waals surface area contributed by atoms with Gasteiger partial charge in [0.15, 0.2) is 0 Å². The van der Waals surface area contributed by atoms with Crippen molar-refractivity contribution in [2.24, 2.45) is 0 Å². The molecule has 0 aliphatic heterocycles. The maximum atomic E-state index is 13.0. The largest absolute Gasteiger partial charge is 0.326 e. The van der Waals surface area contributed by atoms with Crippen LogP contribution >= 0.6 is 11.6 Å². The van der Waals surface area contributed by atoms with Crippen LogP contribution in [0.2, 0.25) is 5.02 Å². The topological polar surface area (TPSA) is 82.0 Å². The summed E-state index contributed by atoms with van der Waals surface area (Å²) in [7, 11) is 0. The number of benzene rings is 2. The van der Waals surface area contributed by atoms with Crippen LogP contribution in [0.25, 0.3) is 0 Å². The molecule has 23 heavy (non-hydrogen) atoms. The van der Waals surface area contributed by atoms with Crippen molar-refractivity contribution in [1.82, 2.24) is 0 Å². The van der Waals surface area contributed by atoms with Crippen molar-refractivity contribution in [2.45, 2.75) is 6.42 Å². The van der Waals surface area contributed by atoms with Gasteiger partial charge in [-0.3, -0.25) is 9.59 Å². The number of hydrogen-bond donors (Lipinski definition) is 2. The molecule has 2 amide bonds. The van der Waals surface area contributed by atoms with E-state index in [0.717, 1.165) is 6.07 Å². The normalized spacial score (nSPS) is 9.78. The summed E-state index contributed by atoms with van der Waals surface area (Å²) in [6, 6.07) is 12.0. The second kappa shape index (κ2) is 7.38. The Kier molecular flexibility index (Phi) is 5.28. The SMILES string of the molecule is N#Cc1cccc(NC(=O)CC(=O)Nc2ccc(F)c(Cl)c2)c1. The molecule has 0 saturated carbocycles. The molecule has 0 aliphatic rings. The van der Waals surface area contributed by atoms with E-state index < -0.39 is 24.1 Å². The first-order chi connectivity index (χ1) is 11.0. The zero-order valence-corrected chi connectivity index (χ0v) is 12.5. The van der Waals surface area contributed by atoms with E-state index in [2.05, 4.69) is 10.6 Å². The Hall–Kier alpha value is -2.91. The zero-order chi connectivity index (χ0) is 16.8. The quantitative estimate of drug-likeness (QED) is 0.843. The molecular formula is C16H11ClFN3O2. The third-order valence-electron chi connectivity index (χ3n) is 2.80. The fourth-order valence-electron chi connectivity index (χ4n) is 1.80. The molecule has 0 fully saturated rings. The summed E-state index contributed by atoms with van der Waals surface area (Å²) in [6.45, 7) is 0. The third-order valence-corrected chi connectivity index (χ3v) is 3.09. The van der Waals surface area contributed by atoms with E-state index in [4.69, 9.17) is 16.9 Å². The van der Waals surface area contributed by atoms with Gasteiger partial charge in [-0.05, 0) is 36.4 Å². The number of carbonyl (C=O) groups is 2. The lowest BCUT2D eigenvalue weighted by molar-refractivity contribution is -0.123. The van der Waals surface area contributed by atoms with E-state index in [0.29, 0.717) is 16.9 Å². The number of nitriles is 1. The van der Waals surface area contributed by atoms with Crippen molar-refractivity contribution in [3.05, 3.63) is 58.9 Å². The van der Waals surface area contributed by atoms with Crippen LogP contribution in [0.1, 0.15) is 12.0 Å². The molecule has 0 unspecified atom stereocenters. The van der Waals surface area contributed by atoms with Gasteiger partial charge < -0.3 is 10.6 Å². The first-order valence-corrected chi connectivity index (χ1v) is 6.90. The van der Waals surface area contributed by atoms with Crippen LogP contribution in [0.3, 0.4) is 0 Å². The molecule has 0 radical (unpaired) electrons. The van der Waals surface area contributed by atoms with Gasteiger partial charge in [0.2, 0.25) is 11.8 Å². The number of anilines is 2. The van der Waals surface area contributed by atoms with E-state index >= 15 is 0 Å². The maximum absolute atomic E-state index is 13.0. The molecule has 0 aliphatic carbocycles. The van der Waals surface area contributed by atoms with Gasteiger partial charge in [-0.25, -0.2) is 4.39 Å². The molecule has 0 atom stereocenters. The van der Waals surface area contributed by atoms with Gasteiger partial charge in [-0.2, -0.15) is 5.26 Å².